The molecule has 0 bridgehead atoms. The maximum absolute atomic E-state index is 15.5. The maximum atomic E-state index is 15.5. The van der Waals surface area contributed by atoms with E-state index in [9.17, 15) is 14.7 Å². The molecule has 3 aliphatic carbocycles. The Kier molecular flexibility index (Phi) is 7.72. The van der Waals surface area contributed by atoms with Crippen molar-refractivity contribution < 1.29 is 19.1 Å². The molecule has 5 fully saturated rings. The summed E-state index contributed by atoms with van der Waals surface area (Å²) in [5, 5.41) is 14.1. The molecular formula is C32H47FN4O3. The molecule has 2 aliphatic heterocycles. The largest absolute Gasteiger partial charge is 0.380 e. The molecule has 2 amide bonds. The van der Waals surface area contributed by atoms with Gasteiger partial charge in [-0.3, -0.25) is 19.8 Å². The molecule has 3 saturated carbocycles. The molecule has 40 heavy (non-hydrogen) atoms. The van der Waals surface area contributed by atoms with Crippen LogP contribution >= 0.6 is 0 Å². The van der Waals surface area contributed by atoms with Crippen molar-refractivity contribution in [3.8, 4) is 0 Å². The molecule has 8 heteroatoms. The predicted molar refractivity (Wildman–Crippen MR) is 152 cm³/mol. The molecule has 7 nitrogen and oxygen atoms in total. The van der Waals surface area contributed by atoms with E-state index in [2.05, 4.69) is 17.3 Å². The van der Waals surface area contributed by atoms with E-state index in [1.54, 1.807) is 21.9 Å². The number of halogens is 1. The van der Waals surface area contributed by atoms with Crippen molar-refractivity contribution in [2.45, 2.75) is 113 Å². The molecule has 4 atom stereocenters. The summed E-state index contributed by atoms with van der Waals surface area (Å²) in [7, 11) is 2.29. The minimum atomic E-state index is -1.21. The zero-order valence-corrected chi connectivity index (χ0v) is 24.3. The summed E-state index contributed by atoms with van der Waals surface area (Å²) >= 11 is 0. The molecule has 0 radical (unpaired) electrons. The van der Waals surface area contributed by atoms with Crippen molar-refractivity contribution >= 4 is 11.8 Å². The Morgan fingerprint density at radius 1 is 1.02 bits per heavy atom. The minimum absolute atomic E-state index is 0.106. The lowest BCUT2D eigenvalue weighted by atomic mass is 9.63. The molecule has 2 N–H and O–H groups in total. The maximum Gasteiger partial charge on any atom is 0.256 e. The average molecular weight is 555 g/mol. The van der Waals surface area contributed by atoms with E-state index in [-0.39, 0.29) is 34.9 Å². The monoisotopic (exact) mass is 554 g/mol. The second-order valence-electron chi connectivity index (χ2n) is 13.5. The Morgan fingerprint density at radius 3 is 2.42 bits per heavy atom. The van der Waals surface area contributed by atoms with Crippen molar-refractivity contribution in [2.75, 3.05) is 33.4 Å². The highest BCUT2D eigenvalue weighted by atomic mass is 19.1. The van der Waals surface area contributed by atoms with Crippen molar-refractivity contribution in [1.82, 2.24) is 20.0 Å². The van der Waals surface area contributed by atoms with Crippen LogP contribution < -0.4 is 5.32 Å². The second kappa shape index (κ2) is 11.0. The van der Waals surface area contributed by atoms with Gasteiger partial charge in [-0.1, -0.05) is 38.2 Å². The van der Waals surface area contributed by atoms with Crippen molar-refractivity contribution in [3.63, 3.8) is 0 Å². The molecule has 220 valence electrons. The summed E-state index contributed by atoms with van der Waals surface area (Å²) in [6.45, 7) is 3.86. The summed E-state index contributed by atoms with van der Waals surface area (Å²) in [5.74, 6) is -0.00181. The van der Waals surface area contributed by atoms with E-state index in [0.29, 0.717) is 38.5 Å². The summed E-state index contributed by atoms with van der Waals surface area (Å²) in [6.07, 6.45) is 13.6. The zero-order valence-electron chi connectivity index (χ0n) is 24.3. The number of carbonyl (C=O) groups excluding carboxylic acids is 2. The standard InChI is InChI=1S/C32H47FN4O3/c1-22-20-36(16-17-37(22)30(39)31(40)14-15-31)29(38)26-11-10-23(18-27(26)33)24-12-13-32(28(19-24)34-21-35(32)2)25-8-6-4-3-5-7-9-25/h10-11,18,22,24-25,28,34,40H,3-9,12-17,19-21H2,1-2H3/t22-,24?,28?,32?/m0/s1. The molecule has 2 saturated heterocycles. The second-order valence-corrected chi connectivity index (χ2v) is 13.5. The van der Waals surface area contributed by atoms with Gasteiger partial charge in [-0.2, -0.15) is 0 Å². The fourth-order valence-electron chi connectivity index (χ4n) is 8.53. The Bertz CT molecular complexity index is 1120. The van der Waals surface area contributed by atoms with Gasteiger partial charge >= 0.3 is 0 Å². The van der Waals surface area contributed by atoms with Crippen LogP contribution in [0, 0.1) is 11.7 Å². The lowest BCUT2D eigenvalue weighted by Crippen LogP contribution is -2.58. The third-order valence-electron chi connectivity index (χ3n) is 11.1. The van der Waals surface area contributed by atoms with Crippen LogP contribution in [0.3, 0.4) is 0 Å². The number of benzene rings is 1. The van der Waals surface area contributed by atoms with E-state index in [1.807, 2.05) is 13.0 Å². The van der Waals surface area contributed by atoms with Crippen LogP contribution in [-0.4, -0.2) is 88.2 Å². The van der Waals surface area contributed by atoms with E-state index in [4.69, 9.17) is 0 Å². The van der Waals surface area contributed by atoms with Gasteiger partial charge in [0, 0.05) is 43.9 Å². The third kappa shape index (κ3) is 4.98. The van der Waals surface area contributed by atoms with Gasteiger partial charge in [0.2, 0.25) is 0 Å². The number of carbonyl (C=O) groups is 2. The van der Waals surface area contributed by atoms with Crippen LogP contribution in [0.1, 0.15) is 106 Å². The van der Waals surface area contributed by atoms with Crippen LogP contribution in [0.25, 0.3) is 0 Å². The predicted octanol–water partition coefficient (Wildman–Crippen LogP) is 4.25. The van der Waals surface area contributed by atoms with Gasteiger partial charge < -0.3 is 14.9 Å². The summed E-state index contributed by atoms with van der Waals surface area (Å²) in [4.78, 5) is 31.8. The van der Waals surface area contributed by atoms with Crippen LogP contribution in [0.15, 0.2) is 18.2 Å². The summed E-state index contributed by atoms with van der Waals surface area (Å²) in [6, 6.07) is 5.45. The molecular weight excluding hydrogens is 507 g/mol. The molecule has 0 spiro atoms. The molecule has 5 aliphatic rings. The normalized spacial score (nSPS) is 33.2. The van der Waals surface area contributed by atoms with Crippen LogP contribution in [-0.2, 0) is 4.79 Å². The van der Waals surface area contributed by atoms with Crippen LogP contribution in [0.4, 0.5) is 4.39 Å². The number of nitrogens with zero attached hydrogens (tertiary/aromatic N) is 3. The topological polar surface area (TPSA) is 76.1 Å². The molecule has 1 aromatic carbocycles. The fraction of sp³-hybridized carbons (Fsp3) is 0.750. The van der Waals surface area contributed by atoms with E-state index < -0.39 is 11.4 Å². The number of aliphatic hydroxyl groups is 1. The smallest absolute Gasteiger partial charge is 0.256 e. The first-order chi connectivity index (χ1) is 19.2. The van der Waals surface area contributed by atoms with Crippen molar-refractivity contribution in [3.05, 3.63) is 35.1 Å². The van der Waals surface area contributed by atoms with Crippen molar-refractivity contribution in [2.24, 2.45) is 5.92 Å². The Labute approximate surface area is 238 Å². The number of hydrogen-bond donors (Lipinski definition) is 2. The van der Waals surface area contributed by atoms with Gasteiger partial charge in [-0.05, 0) is 88.4 Å². The van der Waals surface area contributed by atoms with Crippen molar-refractivity contribution in [1.29, 1.82) is 0 Å². The lowest BCUT2D eigenvalue weighted by Gasteiger charge is -2.51. The highest BCUT2D eigenvalue weighted by Gasteiger charge is 2.54. The number of fused-ring (bicyclic) bond motifs is 1. The van der Waals surface area contributed by atoms with E-state index >= 15 is 4.39 Å². The van der Waals surface area contributed by atoms with Crippen LogP contribution in [0.2, 0.25) is 0 Å². The Morgan fingerprint density at radius 2 is 1.75 bits per heavy atom. The highest BCUT2D eigenvalue weighted by Crippen LogP contribution is 2.50. The molecule has 3 unspecified atom stereocenters. The number of amides is 2. The summed E-state index contributed by atoms with van der Waals surface area (Å²) < 4.78 is 15.5. The van der Waals surface area contributed by atoms with Gasteiger partial charge in [0.15, 0.2) is 0 Å². The molecule has 0 aromatic heterocycles. The van der Waals surface area contributed by atoms with Gasteiger partial charge in [-0.15, -0.1) is 0 Å². The first-order valence-corrected chi connectivity index (χ1v) is 15.8. The van der Waals surface area contributed by atoms with E-state index in [0.717, 1.165) is 37.4 Å². The quantitative estimate of drug-likeness (QED) is 0.582. The SMILES string of the molecule is C[C@H]1CN(C(=O)c2ccc(C3CCC4(C5CCCCCCC5)C(C3)NCN4C)cc2F)CCN1C(=O)C1(O)CC1. The molecule has 6 rings (SSSR count). The molecule has 1 aromatic rings. The van der Waals surface area contributed by atoms with E-state index in [1.165, 1.54) is 44.9 Å². The third-order valence-corrected chi connectivity index (χ3v) is 11.1. The number of hydrogen-bond acceptors (Lipinski definition) is 5. The average Bonchev–Trinajstić information content (AvgIpc) is 3.60. The van der Waals surface area contributed by atoms with Crippen LogP contribution in [0.5, 0.6) is 0 Å². The number of nitrogens with one attached hydrogen (secondary N) is 1. The zero-order chi connectivity index (χ0) is 28.1. The van der Waals surface area contributed by atoms with Gasteiger partial charge in [0.1, 0.15) is 11.4 Å². The van der Waals surface area contributed by atoms with Gasteiger partial charge in [-0.25, -0.2) is 4.39 Å². The number of rotatable bonds is 4. The Balaban J connectivity index is 1.12. The summed E-state index contributed by atoms with van der Waals surface area (Å²) in [5.41, 5.74) is 0.102. The van der Waals surface area contributed by atoms with Gasteiger partial charge in [0.05, 0.1) is 5.56 Å². The number of likely N-dealkylation sites (N-methyl/N-ethyl adjacent to an activating group) is 1. The highest BCUT2D eigenvalue weighted by molar-refractivity contribution is 5.95. The molecule has 2 heterocycles. The first kappa shape index (κ1) is 28.1. The fourth-order valence-corrected chi connectivity index (χ4v) is 8.53. The number of piperazine rings is 1. The first-order valence-electron chi connectivity index (χ1n) is 15.8. The Hall–Kier alpha value is -2.03. The minimum Gasteiger partial charge on any atom is -0.380 e. The van der Waals surface area contributed by atoms with Gasteiger partial charge in [0.25, 0.3) is 11.8 Å². The lowest BCUT2D eigenvalue weighted by molar-refractivity contribution is -0.146.